The average molecular weight is 556 g/mol. The number of hydroxylamine groups is 2. The first kappa shape index (κ1) is 30.2. The summed E-state index contributed by atoms with van der Waals surface area (Å²) in [5.41, 5.74) is 0.996. The maximum absolute atomic E-state index is 13.3. The maximum Gasteiger partial charge on any atom is 0.527 e. The quantitative estimate of drug-likeness (QED) is 0.345. The van der Waals surface area contributed by atoms with Gasteiger partial charge in [0.15, 0.2) is 5.82 Å². The number of aliphatic hydroxyl groups is 1. The van der Waals surface area contributed by atoms with Crippen LogP contribution in [0.5, 0.6) is 0 Å². The summed E-state index contributed by atoms with van der Waals surface area (Å²) in [5, 5.41) is 22.9. The van der Waals surface area contributed by atoms with Gasteiger partial charge in [0.2, 0.25) is 5.91 Å². The van der Waals surface area contributed by atoms with E-state index in [0.29, 0.717) is 11.3 Å². The van der Waals surface area contributed by atoms with Gasteiger partial charge in [0.1, 0.15) is 11.7 Å². The van der Waals surface area contributed by atoms with Crippen LogP contribution in [0.15, 0.2) is 42.5 Å². The molecule has 0 radical (unpaired) electrons. The van der Waals surface area contributed by atoms with Gasteiger partial charge in [-0.1, -0.05) is 36.4 Å². The number of benzene rings is 1. The molecular weight excluding hydrogens is 522 g/mol. The Morgan fingerprint density at radius 2 is 1.80 bits per heavy atom. The molecule has 0 saturated carbocycles. The van der Waals surface area contributed by atoms with Crippen molar-refractivity contribution in [3.8, 4) is 11.4 Å². The van der Waals surface area contributed by atoms with E-state index in [1.165, 1.54) is 22.1 Å². The number of hydrogen-bond donors (Lipinski definition) is 3. The Labute approximate surface area is 231 Å². The van der Waals surface area contributed by atoms with E-state index >= 15 is 0 Å². The number of hydrogen-bond acceptors (Lipinski definition) is 10. The summed E-state index contributed by atoms with van der Waals surface area (Å²) in [6.45, 7) is 4.21. The highest BCUT2D eigenvalue weighted by atomic mass is 16.8. The second-order valence-corrected chi connectivity index (χ2v) is 8.95. The second kappa shape index (κ2) is 14.7. The number of aliphatic carboxylic acids is 1. The van der Waals surface area contributed by atoms with Crippen molar-refractivity contribution in [1.82, 2.24) is 25.2 Å². The highest BCUT2D eigenvalue weighted by molar-refractivity contribution is 5.97. The topological polar surface area (TPSA) is 171 Å². The van der Waals surface area contributed by atoms with Gasteiger partial charge in [0.05, 0.1) is 31.5 Å². The zero-order chi connectivity index (χ0) is 29.1. The number of aliphatic hydroxyl groups excluding tert-OH is 1. The molecule has 1 unspecified atom stereocenters. The second-order valence-electron chi connectivity index (χ2n) is 8.95. The molecule has 2 amide bonds. The van der Waals surface area contributed by atoms with Gasteiger partial charge in [-0.05, 0) is 32.4 Å². The number of rotatable bonds is 11. The lowest BCUT2D eigenvalue weighted by Gasteiger charge is -2.35. The van der Waals surface area contributed by atoms with Crippen LogP contribution >= 0.6 is 0 Å². The highest BCUT2D eigenvalue weighted by Crippen LogP contribution is 2.17. The Hall–Kier alpha value is -4.36. The molecule has 1 aromatic heterocycles. The third-order valence-electron chi connectivity index (χ3n) is 5.82. The molecule has 3 rings (SSSR count). The fourth-order valence-corrected chi connectivity index (χ4v) is 3.85. The number of aromatic nitrogens is 2. The first-order chi connectivity index (χ1) is 19.2. The van der Waals surface area contributed by atoms with E-state index in [2.05, 4.69) is 15.3 Å². The van der Waals surface area contributed by atoms with E-state index in [4.69, 9.17) is 9.57 Å². The van der Waals surface area contributed by atoms with Crippen LogP contribution in [-0.2, 0) is 19.2 Å². The zero-order valence-corrected chi connectivity index (χ0v) is 22.4. The number of piperazine rings is 1. The van der Waals surface area contributed by atoms with Crippen LogP contribution in [0.4, 0.5) is 4.79 Å². The van der Waals surface area contributed by atoms with E-state index in [9.17, 15) is 29.4 Å². The Kier molecular flexibility index (Phi) is 11.1. The summed E-state index contributed by atoms with van der Waals surface area (Å²) < 4.78 is 4.76. The third kappa shape index (κ3) is 9.13. The Balaban J connectivity index is 1.78. The molecule has 2 atom stereocenters. The van der Waals surface area contributed by atoms with Crippen molar-refractivity contribution < 1.29 is 39.0 Å². The summed E-state index contributed by atoms with van der Waals surface area (Å²) in [5.74, 6) is -1.99. The standard InChI is InChI=1S/C27H33N5O8/c1-3-39-27(38)40-32-15-13-31(14-16-32)26(37)21(11-12-23(34)35)30-25(36)22-17-20(10-9-18(2)33)28-24(29-22)19-7-5-4-6-8-19/h4-10,17-18,21,33H,3,11-16H2,1-2H3,(H,30,36)(H,34,35)/b10-9+/t18-,21?/m0/s1. The minimum Gasteiger partial charge on any atom is -0.481 e. The number of carboxylic acids is 1. The number of nitrogens with one attached hydrogen (secondary N) is 1. The maximum atomic E-state index is 13.3. The van der Waals surface area contributed by atoms with E-state index in [0.717, 1.165) is 0 Å². The molecule has 13 nitrogen and oxygen atoms in total. The molecule has 0 aliphatic carbocycles. The lowest BCUT2D eigenvalue weighted by Crippen LogP contribution is -2.55. The Bertz CT molecular complexity index is 1210. The summed E-state index contributed by atoms with van der Waals surface area (Å²) >= 11 is 0. The molecule has 40 heavy (non-hydrogen) atoms. The van der Waals surface area contributed by atoms with Gasteiger partial charge in [0, 0.05) is 25.1 Å². The third-order valence-corrected chi connectivity index (χ3v) is 5.82. The van der Waals surface area contributed by atoms with Crippen molar-refractivity contribution in [3.63, 3.8) is 0 Å². The van der Waals surface area contributed by atoms with Crippen molar-refractivity contribution in [2.24, 2.45) is 0 Å². The molecule has 1 aliphatic rings. The molecule has 1 aromatic carbocycles. The monoisotopic (exact) mass is 555 g/mol. The van der Waals surface area contributed by atoms with Crippen molar-refractivity contribution in [2.75, 3.05) is 32.8 Å². The average Bonchev–Trinajstić information content (AvgIpc) is 2.94. The van der Waals surface area contributed by atoms with Crippen LogP contribution in [0.1, 0.15) is 42.9 Å². The van der Waals surface area contributed by atoms with Crippen LogP contribution in [0.2, 0.25) is 0 Å². The van der Waals surface area contributed by atoms with E-state index in [1.807, 2.05) is 6.07 Å². The summed E-state index contributed by atoms with van der Waals surface area (Å²) in [6.07, 6.45) is 1.00. The largest absolute Gasteiger partial charge is 0.527 e. The first-order valence-corrected chi connectivity index (χ1v) is 12.9. The number of carbonyl (C=O) groups excluding carboxylic acids is 3. The molecular formula is C27H33N5O8. The van der Waals surface area contributed by atoms with Crippen molar-refractivity contribution >= 4 is 30.0 Å². The number of carbonyl (C=O) groups is 4. The molecule has 1 aliphatic heterocycles. The normalized spacial score (nSPS) is 15.3. The molecule has 0 bridgehead atoms. The summed E-state index contributed by atoms with van der Waals surface area (Å²) in [6, 6.07) is 9.28. The molecule has 214 valence electrons. The van der Waals surface area contributed by atoms with Gasteiger partial charge in [0.25, 0.3) is 5.91 Å². The number of amides is 2. The van der Waals surface area contributed by atoms with E-state index in [-0.39, 0.29) is 57.1 Å². The first-order valence-electron chi connectivity index (χ1n) is 12.9. The summed E-state index contributed by atoms with van der Waals surface area (Å²) in [4.78, 5) is 64.9. The number of carboxylic acid groups (broad SMARTS) is 1. The number of nitrogens with zero attached hydrogens (tertiary/aromatic N) is 4. The van der Waals surface area contributed by atoms with Gasteiger partial charge in [-0.15, -0.1) is 5.06 Å². The minimum absolute atomic E-state index is 0.0279. The summed E-state index contributed by atoms with van der Waals surface area (Å²) in [7, 11) is 0. The van der Waals surface area contributed by atoms with Gasteiger partial charge in [-0.2, -0.15) is 0 Å². The Morgan fingerprint density at radius 3 is 2.42 bits per heavy atom. The molecule has 2 heterocycles. The van der Waals surface area contributed by atoms with Crippen LogP contribution in [0.3, 0.4) is 0 Å². The van der Waals surface area contributed by atoms with Crippen LogP contribution < -0.4 is 5.32 Å². The Morgan fingerprint density at radius 1 is 1.10 bits per heavy atom. The van der Waals surface area contributed by atoms with Gasteiger partial charge < -0.3 is 30.0 Å². The van der Waals surface area contributed by atoms with E-state index < -0.39 is 36.1 Å². The van der Waals surface area contributed by atoms with Crippen LogP contribution in [0.25, 0.3) is 17.5 Å². The minimum atomic E-state index is -1.13. The molecule has 2 aromatic rings. The fourth-order valence-electron chi connectivity index (χ4n) is 3.85. The van der Waals surface area contributed by atoms with Gasteiger partial charge >= 0.3 is 12.1 Å². The highest BCUT2D eigenvalue weighted by Gasteiger charge is 2.31. The number of ether oxygens (including phenoxy) is 1. The smallest absolute Gasteiger partial charge is 0.481 e. The zero-order valence-electron chi connectivity index (χ0n) is 22.4. The van der Waals surface area contributed by atoms with Gasteiger partial charge in [-0.3, -0.25) is 14.4 Å². The lowest BCUT2D eigenvalue weighted by atomic mass is 10.1. The predicted molar refractivity (Wildman–Crippen MR) is 143 cm³/mol. The van der Waals surface area contributed by atoms with Crippen LogP contribution in [-0.4, -0.2) is 99.0 Å². The van der Waals surface area contributed by atoms with Gasteiger partial charge in [-0.25, -0.2) is 14.8 Å². The molecule has 1 saturated heterocycles. The molecule has 1 fully saturated rings. The molecule has 3 N–H and O–H groups in total. The van der Waals surface area contributed by atoms with Crippen molar-refractivity contribution in [3.05, 3.63) is 53.9 Å². The van der Waals surface area contributed by atoms with Crippen LogP contribution in [0, 0.1) is 0 Å². The molecule has 0 spiro atoms. The predicted octanol–water partition coefficient (Wildman–Crippen LogP) is 1.73. The molecule has 13 heteroatoms. The SMILES string of the molecule is CCOC(=O)ON1CCN(C(=O)C(CCC(=O)O)NC(=O)c2cc(/C=C/[C@H](C)O)nc(-c3ccccc3)n2)CC1. The lowest BCUT2D eigenvalue weighted by molar-refractivity contribution is -0.157. The van der Waals surface area contributed by atoms with E-state index in [1.54, 1.807) is 44.2 Å². The van der Waals surface area contributed by atoms with Crippen molar-refractivity contribution in [1.29, 1.82) is 0 Å². The fraction of sp³-hybridized carbons (Fsp3) is 0.407. The van der Waals surface area contributed by atoms with Crippen molar-refractivity contribution in [2.45, 2.75) is 38.8 Å².